The van der Waals surface area contributed by atoms with Crippen LogP contribution >= 0.6 is 11.3 Å². The molecule has 0 spiro atoms. The number of nitrogens with zero attached hydrogens (tertiary/aromatic N) is 2. The van der Waals surface area contributed by atoms with E-state index in [1.165, 1.54) is 37.0 Å². The minimum Gasteiger partial charge on any atom is -0.339 e. The first-order valence-corrected chi connectivity index (χ1v) is 12.7. The average Bonchev–Trinajstić information content (AvgIpc) is 3.17. The van der Waals surface area contributed by atoms with E-state index in [-0.39, 0.29) is 5.91 Å². The van der Waals surface area contributed by atoms with E-state index in [0.717, 1.165) is 43.5 Å². The van der Waals surface area contributed by atoms with Crippen molar-refractivity contribution in [1.29, 1.82) is 0 Å². The van der Waals surface area contributed by atoms with E-state index >= 15 is 0 Å². The lowest BCUT2D eigenvalue weighted by molar-refractivity contribution is -0.136. The van der Waals surface area contributed by atoms with Crippen molar-refractivity contribution in [3.63, 3.8) is 0 Å². The highest BCUT2D eigenvalue weighted by Gasteiger charge is 2.36. The monoisotopic (exact) mass is 410 g/mol. The molecule has 2 saturated heterocycles. The minimum atomic E-state index is -3.39. The molecule has 3 heterocycles. The number of carbonyl (C=O) groups excluding carboxylic acids is 1. The zero-order chi connectivity index (χ0) is 18.9. The fraction of sp³-hybridized carbons (Fsp3) is 0.750. The second-order valence-electron chi connectivity index (χ2n) is 8.20. The van der Waals surface area contributed by atoms with Gasteiger partial charge in [0.15, 0.2) is 0 Å². The number of sulfonamides is 1. The number of likely N-dealkylation sites (tertiary alicyclic amines) is 1. The summed E-state index contributed by atoms with van der Waals surface area (Å²) in [6.45, 7) is 2.10. The number of piperidine rings is 2. The molecule has 1 aliphatic carbocycles. The van der Waals surface area contributed by atoms with Crippen LogP contribution in [-0.4, -0.2) is 49.2 Å². The average molecular weight is 411 g/mol. The Morgan fingerprint density at radius 3 is 2.52 bits per heavy atom. The molecule has 0 N–H and O–H groups in total. The molecule has 150 valence electrons. The van der Waals surface area contributed by atoms with Gasteiger partial charge in [-0.2, -0.15) is 4.31 Å². The molecular weight excluding hydrogens is 380 g/mol. The molecular formula is C20H30N2O3S2. The molecule has 0 aromatic carbocycles. The van der Waals surface area contributed by atoms with E-state index in [0.29, 0.717) is 35.7 Å². The highest BCUT2D eigenvalue weighted by Crippen LogP contribution is 2.36. The fourth-order valence-electron chi connectivity index (χ4n) is 5.01. The van der Waals surface area contributed by atoms with Crippen LogP contribution in [-0.2, 0) is 21.2 Å². The zero-order valence-electron chi connectivity index (χ0n) is 15.9. The van der Waals surface area contributed by atoms with Crippen molar-refractivity contribution in [3.8, 4) is 0 Å². The molecule has 3 aliphatic rings. The number of hydrogen-bond donors (Lipinski definition) is 0. The second-order valence-corrected chi connectivity index (χ2v) is 11.5. The molecule has 1 aromatic rings. The Hall–Kier alpha value is -0.920. The van der Waals surface area contributed by atoms with Crippen LogP contribution in [0.25, 0.3) is 0 Å². The van der Waals surface area contributed by atoms with Crippen molar-refractivity contribution in [3.05, 3.63) is 17.0 Å². The van der Waals surface area contributed by atoms with E-state index in [1.54, 1.807) is 10.4 Å². The minimum absolute atomic E-state index is 0.176. The maximum atomic E-state index is 13.0. The second kappa shape index (κ2) is 8.21. The first-order chi connectivity index (χ1) is 13.1. The first-order valence-electron chi connectivity index (χ1n) is 10.4. The quantitative estimate of drug-likeness (QED) is 0.761. The van der Waals surface area contributed by atoms with Crippen LogP contribution in [0.5, 0.6) is 0 Å². The van der Waals surface area contributed by atoms with Gasteiger partial charge in [0.2, 0.25) is 5.91 Å². The predicted octanol–water partition coefficient (Wildman–Crippen LogP) is 3.65. The Kier molecular flexibility index (Phi) is 5.90. The van der Waals surface area contributed by atoms with Crippen molar-refractivity contribution >= 4 is 27.3 Å². The Morgan fingerprint density at radius 2 is 1.70 bits per heavy atom. The van der Waals surface area contributed by atoms with Crippen molar-refractivity contribution in [2.45, 2.75) is 74.5 Å². The number of fused-ring (bicyclic) bond motifs is 1. The largest absolute Gasteiger partial charge is 0.339 e. The van der Waals surface area contributed by atoms with Crippen LogP contribution in [0.15, 0.2) is 16.3 Å². The van der Waals surface area contributed by atoms with E-state index in [1.807, 2.05) is 6.07 Å². The summed E-state index contributed by atoms with van der Waals surface area (Å²) in [6.07, 6.45) is 10.6. The van der Waals surface area contributed by atoms with Gasteiger partial charge in [0.25, 0.3) is 10.0 Å². The highest BCUT2D eigenvalue weighted by molar-refractivity contribution is 7.91. The molecule has 1 amide bonds. The molecule has 0 radical (unpaired) electrons. The maximum Gasteiger partial charge on any atom is 0.252 e. The third-order valence-corrected chi connectivity index (χ3v) is 9.89. The number of amides is 1. The van der Waals surface area contributed by atoms with Gasteiger partial charge in [-0.25, -0.2) is 8.42 Å². The third-order valence-electron chi connectivity index (χ3n) is 6.44. The summed E-state index contributed by atoms with van der Waals surface area (Å²) in [6, 6.07) is 3.94. The number of thiophene rings is 1. The predicted molar refractivity (Wildman–Crippen MR) is 107 cm³/mol. The molecule has 2 unspecified atom stereocenters. The fourth-order valence-corrected chi connectivity index (χ4v) is 8.03. The SMILES string of the molecule is O=C(Cc1ccc(S(=O)(=O)N2CCCCC2)s1)N1CCCC2CCCCC21. The van der Waals surface area contributed by atoms with Crippen LogP contribution in [0, 0.1) is 5.92 Å². The molecule has 1 saturated carbocycles. The number of rotatable bonds is 4. The van der Waals surface area contributed by atoms with Crippen LogP contribution in [0.4, 0.5) is 0 Å². The first kappa shape index (κ1) is 19.4. The Morgan fingerprint density at radius 1 is 0.963 bits per heavy atom. The molecule has 2 aliphatic heterocycles. The summed E-state index contributed by atoms with van der Waals surface area (Å²) in [5, 5.41) is 0. The Bertz CT molecular complexity index is 766. The third kappa shape index (κ3) is 4.10. The number of hydrogen-bond acceptors (Lipinski definition) is 4. The van der Waals surface area contributed by atoms with Gasteiger partial charge in [-0.3, -0.25) is 4.79 Å². The molecule has 1 aromatic heterocycles. The maximum absolute atomic E-state index is 13.0. The highest BCUT2D eigenvalue weighted by atomic mass is 32.2. The van der Waals surface area contributed by atoms with E-state index in [9.17, 15) is 13.2 Å². The smallest absolute Gasteiger partial charge is 0.252 e. The number of carbonyl (C=O) groups is 1. The van der Waals surface area contributed by atoms with Crippen molar-refractivity contribution in [1.82, 2.24) is 9.21 Å². The Labute approximate surface area is 166 Å². The van der Waals surface area contributed by atoms with Crippen molar-refractivity contribution in [2.75, 3.05) is 19.6 Å². The molecule has 5 nitrogen and oxygen atoms in total. The van der Waals surface area contributed by atoms with Crippen LogP contribution in [0.2, 0.25) is 0 Å². The normalized spacial score (nSPS) is 27.3. The van der Waals surface area contributed by atoms with Gasteiger partial charge >= 0.3 is 0 Å². The van der Waals surface area contributed by atoms with Gasteiger partial charge in [-0.1, -0.05) is 19.3 Å². The van der Waals surface area contributed by atoms with Gasteiger partial charge in [0.05, 0.1) is 6.42 Å². The van der Waals surface area contributed by atoms with Gasteiger partial charge in [0.1, 0.15) is 4.21 Å². The standard InChI is InChI=1S/C20H30N2O3S2/c23-19(22-14-6-8-16-7-2-3-9-18(16)22)15-17-10-11-20(26-17)27(24,25)21-12-4-1-5-13-21/h10-11,16,18H,1-9,12-15H2. The summed E-state index contributed by atoms with van der Waals surface area (Å²) >= 11 is 1.28. The zero-order valence-corrected chi connectivity index (χ0v) is 17.6. The summed E-state index contributed by atoms with van der Waals surface area (Å²) in [5.74, 6) is 0.852. The van der Waals surface area contributed by atoms with E-state index in [2.05, 4.69) is 4.90 Å². The Balaban J connectivity index is 1.43. The molecule has 27 heavy (non-hydrogen) atoms. The van der Waals surface area contributed by atoms with Crippen molar-refractivity contribution in [2.24, 2.45) is 5.92 Å². The summed E-state index contributed by atoms with van der Waals surface area (Å²) in [7, 11) is -3.39. The molecule has 3 fully saturated rings. The lowest BCUT2D eigenvalue weighted by Gasteiger charge is -2.44. The molecule has 2 atom stereocenters. The molecule has 4 rings (SSSR count). The van der Waals surface area contributed by atoms with Crippen LogP contribution in [0.3, 0.4) is 0 Å². The van der Waals surface area contributed by atoms with E-state index < -0.39 is 10.0 Å². The topological polar surface area (TPSA) is 57.7 Å². The molecule has 0 bridgehead atoms. The van der Waals surface area contributed by atoms with Gasteiger partial charge in [-0.05, 0) is 56.6 Å². The lowest BCUT2D eigenvalue weighted by Crippen LogP contribution is -2.50. The van der Waals surface area contributed by atoms with Crippen molar-refractivity contribution < 1.29 is 13.2 Å². The lowest BCUT2D eigenvalue weighted by atomic mass is 9.78. The summed E-state index contributed by atoms with van der Waals surface area (Å²) in [4.78, 5) is 15.9. The van der Waals surface area contributed by atoms with Crippen LogP contribution < -0.4 is 0 Å². The molecule has 7 heteroatoms. The van der Waals surface area contributed by atoms with Gasteiger partial charge in [-0.15, -0.1) is 11.3 Å². The summed E-state index contributed by atoms with van der Waals surface area (Å²) in [5.41, 5.74) is 0. The van der Waals surface area contributed by atoms with Gasteiger partial charge in [0, 0.05) is 30.6 Å². The van der Waals surface area contributed by atoms with E-state index in [4.69, 9.17) is 0 Å². The van der Waals surface area contributed by atoms with Gasteiger partial charge < -0.3 is 4.90 Å². The van der Waals surface area contributed by atoms with Crippen LogP contribution in [0.1, 0.15) is 62.7 Å². The summed E-state index contributed by atoms with van der Waals surface area (Å²) < 4.78 is 27.6.